The Morgan fingerprint density at radius 1 is 1.07 bits per heavy atom. The van der Waals surface area contributed by atoms with Crippen LogP contribution in [0.25, 0.3) is 6.08 Å². The molecule has 2 aromatic carbocycles. The van der Waals surface area contributed by atoms with Gasteiger partial charge in [0.25, 0.3) is 5.69 Å². The quantitative estimate of drug-likeness (QED) is 0.128. The number of rotatable bonds is 9. The van der Waals surface area contributed by atoms with Crippen molar-refractivity contribution in [1.82, 2.24) is 0 Å². The van der Waals surface area contributed by atoms with E-state index >= 15 is 0 Å². The van der Waals surface area contributed by atoms with Crippen LogP contribution in [-0.4, -0.2) is 29.9 Å². The smallest absolute Gasteiger partial charge is 0.341 e. The molecule has 0 fully saturated rings. The zero-order chi connectivity index (χ0) is 19.6. The molecule has 0 aliphatic heterocycles. The largest absolute Gasteiger partial charge is 0.460 e. The van der Waals surface area contributed by atoms with Crippen molar-refractivity contribution in [1.29, 1.82) is 0 Å². The SMILES string of the molecule is CC(=O)C(=Cc1cccc([N+](=O)[O-])c1)C(=O)OCCOCc1ccccc1. The first-order valence-electron chi connectivity index (χ1n) is 8.23. The second kappa shape index (κ2) is 9.98. The molecule has 7 heteroatoms. The number of esters is 1. The Morgan fingerprint density at radius 2 is 1.81 bits per heavy atom. The van der Waals surface area contributed by atoms with E-state index in [1.54, 1.807) is 6.07 Å². The fraction of sp³-hybridized carbons (Fsp3) is 0.200. The van der Waals surface area contributed by atoms with E-state index in [-0.39, 0.29) is 24.5 Å². The molecule has 2 rings (SSSR count). The Labute approximate surface area is 156 Å². The van der Waals surface area contributed by atoms with Crippen molar-refractivity contribution in [3.05, 3.63) is 81.4 Å². The highest BCUT2D eigenvalue weighted by molar-refractivity contribution is 6.19. The molecule has 7 nitrogen and oxygen atoms in total. The van der Waals surface area contributed by atoms with E-state index in [0.717, 1.165) is 5.56 Å². The molecule has 0 aliphatic carbocycles. The third kappa shape index (κ3) is 6.48. The van der Waals surface area contributed by atoms with Crippen LogP contribution in [0.15, 0.2) is 60.2 Å². The molecule has 0 unspecified atom stereocenters. The Hall–Kier alpha value is -3.32. The number of Topliss-reactive ketones (excluding diaryl/α,β-unsaturated/α-hetero) is 1. The van der Waals surface area contributed by atoms with E-state index < -0.39 is 16.7 Å². The zero-order valence-electron chi connectivity index (χ0n) is 14.8. The van der Waals surface area contributed by atoms with Gasteiger partial charge in [0.2, 0.25) is 0 Å². The van der Waals surface area contributed by atoms with Gasteiger partial charge in [0, 0.05) is 12.1 Å². The van der Waals surface area contributed by atoms with Crippen molar-refractivity contribution in [2.75, 3.05) is 13.2 Å². The van der Waals surface area contributed by atoms with Gasteiger partial charge in [-0.05, 0) is 24.1 Å². The summed E-state index contributed by atoms with van der Waals surface area (Å²) in [5.74, 6) is -1.28. The number of ether oxygens (including phenoxy) is 2. The molecule has 0 heterocycles. The molecular formula is C20H19NO6. The Balaban J connectivity index is 1.91. The molecule has 0 spiro atoms. The predicted molar refractivity (Wildman–Crippen MR) is 98.8 cm³/mol. The van der Waals surface area contributed by atoms with Crippen LogP contribution in [0.2, 0.25) is 0 Å². The van der Waals surface area contributed by atoms with Crippen LogP contribution in [0.3, 0.4) is 0 Å². The normalized spacial score (nSPS) is 11.1. The van der Waals surface area contributed by atoms with Gasteiger partial charge < -0.3 is 9.47 Å². The average molecular weight is 369 g/mol. The van der Waals surface area contributed by atoms with Gasteiger partial charge >= 0.3 is 5.97 Å². The minimum Gasteiger partial charge on any atom is -0.460 e. The number of nitro benzene ring substituents is 1. The summed E-state index contributed by atoms with van der Waals surface area (Å²) in [7, 11) is 0. The Morgan fingerprint density at radius 3 is 2.48 bits per heavy atom. The fourth-order valence-electron chi connectivity index (χ4n) is 2.23. The lowest BCUT2D eigenvalue weighted by atomic mass is 10.1. The first-order valence-corrected chi connectivity index (χ1v) is 8.23. The molecule has 0 atom stereocenters. The van der Waals surface area contributed by atoms with E-state index in [4.69, 9.17) is 9.47 Å². The lowest BCUT2D eigenvalue weighted by Gasteiger charge is -2.07. The maximum absolute atomic E-state index is 12.1. The highest BCUT2D eigenvalue weighted by Gasteiger charge is 2.17. The highest BCUT2D eigenvalue weighted by atomic mass is 16.6. The van der Waals surface area contributed by atoms with Crippen molar-refractivity contribution in [3.8, 4) is 0 Å². The van der Waals surface area contributed by atoms with Gasteiger partial charge in [-0.25, -0.2) is 4.79 Å². The van der Waals surface area contributed by atoms with Crippen molar-refractivity contribution < 1.29 is 24.0 Å². The number of benzene rings is 2. The van der Waals surface area contributed by atoms with E-state index in [0.29, 0.717) is 12.2 Å². The fourth-order valence-corrected chi connectivity index (χ4v) is 2.23. The summed E-state index contributed by atoms with van der Waals surface area (Å²) in [5, 5.41) is 10.8. The first-order chi connectivity index (χ1) is 13.0. The van der Waals surface area contributed by atoms with Gasteiger partial charge in [-0.3, -0.25) is 14.9 Å². The third-order valence-corrected chi connectivity index (χ3v) is 3.56. The van der Waals surface area contributed by atoms with Crippen LogP contribution in [0.5, 0.6) is 0 Å². The van der Waals surface area contributed by atoms with Crippen LogP contribution in [0, 0.1) is 10.1 Å². The summed E-state index contributed by atoms with van der Waals surface area (Å²) in [6.45, 7) is 1.80. The summed E-state index contributed by atoms with van der Waals surface area (Å²) >= 11 is 0. The number of nitro groups is 1. The summed E-state index contributed by atoms with van der Waals surface area (Å²) in [6, 6.07) is 15.2. The van der Waals surface area contributed by atoms with Gasteiger partial charge in [0.1, 0.15) is 12.2 Å². The molecule has 27 heavy (non-hydrogen) atoms. The lowest BCUT2D eigenvalue weighted by Crippen LogP contribution is -2.16. The van der Waals surface area contributed by atoms with E-state index in [9.17, 15) is 19.7 Å². The lowest BCUT2D eigenvalue weighted by molar-refractivity contribution is -0.384. The van der Waals surface area contributed by atoms with Gasteiger partial charge in [0.15, 0.2) is 5.78 Å². The van der Waals surface area contributed by atoms with Crippen LogP contribution >= 0.6 is 0 Å². The van der Waals surface area contributed by atoms with Gasteiger partial charge in [0.05, 0.1) is 18.1 Å². The van der Waals surface area contributed by atoms with Gasteiger partial charge in [-0.2, -0.15) is 0 Å². The van der Waals surface area contributed by atoms with Crippen molar-refractivity contribution in [2.45, 2.75) is 13.5 Å². The molecule has 0 saturated carbocycles. The summed E-state index contributed by atoms with van der Waals surface area (Å²) in [5.41, 5.74) is 1.05. The minimum absolute atomic E-state index is 0.00871. The number of nitrogens with zero attached hydrogens (tertiary/aromatic N) is 1. The highest BCUT2D eigenvalue weighted by Crippen LogP contribution is 2.16. The van der Waals surface area contributed by atoms with E-state index in [1.807, 2.05) is 30.3 Å². The minimum atomic E-state index is -0.794. The van der Waals surface area contributed by atoms with Crippen LogP contribution in [-0.2, 0) is 25.7 Å². The average Bonchev–Trinajstić information content (AvgIpc) is 2.66. The zero-order valence-corrected chi connectivity index (χ0v) is 14.8. The number of non-ortho nitro benzene ring substituents is 1. The third-order valence-electron chi connectivity index (χ3n) is 3.56. The predicted octanol–water partition coefficient (Wildman–Crippen LogP) is 3.33. The topological polar surface area (TPSA) is 95.7 Å². The molecule has 0 aromatic heterocycles. The molecule has 0 bridgehead atoms. The van der Waals surface area contributed by atoms with E-state index in [1.165, 1.54) is 31.2 Å². The monoisotopic (exact) mass is 369 g/mol. The standard InChI is InChI=1S/C20H19NO6/c1-15(22)19(13-17-8-5-9-18(12-17)21(24)25)20(23)27-11-10-26-14-16-6-3-2-4-7-16/h2-9,12-13H,10-11,14H2,1H3. The molecule has 0 saturated heterocycles. The second-order valence-corrected chi connectivity index (χ2v) is 5.64. The number of hydrogen-bond acceptors (Lipinski definition) is 6. The van der Waals surface area contributed by atoms with Gasteiger partial charge in [-0.1, -0.05) is 42.5 Å². The van der Waals surface area contributed by atoms with Crippen molar-refractivity contribution in [2.24, 2.45) is 0 Å². The summed E-state index contributed by atoms with van der Waals surface area (Å²) in [6.07, 6.45) is 1.28. The maximum Gasteiger partial charge on any atom is 0.341 e. The van der Waals surface area contributed by atoms with Crippen LogP contribution < -0.4 is 0 Å². The molecule has 0 aliphatic rings. The maximum atomic E-state index is 12.1. The van der Waals surface area contributed by atoms with Crippen LogP contribution in [0.1, 0.15) is 18.1 Å². The van der Waals surface area contributed by atoms with Gasteiger partial charge in [-0.15, -0.1) is 0 Å². The Bertz CT molecular complexity index is 845. The molecule has 2 aromatic rings. The van der Waals surface area contributed by atoms with Crippen LogP contribution in [0.4, 0.5) is 5.69 Å². The van der Waals surface area contributed by atoms with E-state index in [2.05, 4.69) is 0 Å². The molecule has 0 radical (unpaired) electrons. The molecule has 0 amide bonds. The Kier molecular flexibility index (Phi) is 7.39. The number of ketones is 1. The molecular weight excluding hydrogens is 350 g/mol. The van der Waals surface area contributed by atoms with Crippen molar-refractivity contribution in [3.63, 3.8) is 0 Å². The summed E-state index contributed by atoms with van der Waals surface area (Å²) < 4.78 is 10.5. The first kappa shape index (κ1) is 20.0. The number of hydrogen-bond donors (Lipinski definition) is 0. The number of carbonyl (C=O) groups is 2. The molecule has 140 valence electrons. The summed E-state index contributed by atoms with van der Waals surface area (Å²) in [4.78, 5) is 34.2. The molecule has 0 N–H and O–H groups in total. The second-order valence-electron chi connectivity index (χ2n) is 5.64. The van der Waals surface area contributed by atoms with Crippen molar-refractivity contribution >= 4 is 23.5 Å². The number of carbonyl (C=O) groups excluding carboxylic acids is 2.